The van der Waals surface area contributed by atoms with Crippen LogP contribution in [0.15, 0.2) is 0 Å². The summed E-state index contributed by atoms with van der Waals surface area (Å²) >= 11 is 0. The average Bonchev–Trinajstić information content (AvgIpc) is 2.58. The van der Waals surface area contributed by atoms with Gasteiger partial charge in [0, 0.05) is 18.7 Å². The zero-order chi connectivity index (χ0) is 14.8. The molecule has 3 nitrogen and oxygen atoms in total. The lowest BCUT2D eigenvalue weighted by molar-refractivity contribution is -0.0995. The van der Waals surface area contributed by atoms with Crippen molar-refractivity contribution < 1.29 is 4.74 Å². The van der Waals surface area contributed by atoms with Crippen molar-refractivity contribution in [2.45, 2.75) is 71.4 Å². The second-order valence-corrected chi connectivity index (χ2v) is 7.89. The summed E-state index contributed by atoms with van der Waals surface area (Å²) in [4.78, 5) is 2.69. The summed E-state index contributed by atoms with van der Waals surface area (Å²) in [5.74, 6) is 0.852. The first-order valence-electron chi connectivity index (χ1n) is 8.48. The first kappa shape index (κ1) is 16.3. The molecule has 2 fully saturated rings. The Morgan fingerprint density at radius 2 is 1.90 bits per heavy atom. The monoisotopic (exact) mass is 282 g/mol. The maximum absolute atomic E-state index is 6.13. The molecule has 3 heteroatoms. The van der Waals surface area contributed by atoms with Gasteiger partial charge < -0.3 is 10.5 Å². The van der Waals surface area contributed by atoms with Gasteiger partial charge in [0.05, 0.1) is 6.10 Å². The Morgan fingerprint density at radius 3 is 2.45 bits per heavy atom. The van der Waals surface area contributed by atoms with Crippen LogP contribution < -0.4 is 5.73 Å². The quantitative estimate of drug-likeness (QED) is 0.861. The van der Waals surface area contributed by atoms with Crippen molar-refractivity contribution in [3.05, 3.63) is 0 Å². The summed E-state index contributed by atoms with van der Waals surface area (Å²) in [6, 6.07) is 0. The summed E-state index contributed by atoms with van der Waals surface area (Å²) < 4.78 is 5.75. The van der Waals surface area contributed by atoms with E-state index in [-0.39, 0.29) is 5.54 Å². The summed E-state index contributed by atoms with van der Waals surface area (Å²) in [7, 11) is 0. The zero-order valence-corrected chi connectivity index (χ0v) is 14.0. The van der Waals surface area contributed by atoms with Crippen molar-refractivity contribution >= 4 is 0 Å². The Bertz CT molecular complexity index is 305. The molecule has 1 unspecified atom stereocenters. The topological polar surface area (TPSA) is 38.5 Å². The van der Waals surface area contributed by atoms with Crippen molar-refractivity contribution in [2.24, 2.45) is 17.1 Å². The predicted molar refractivity (Wildman–Crippen MR) is 84.8 cm³/mol. The largest absolute Gasteiger partial charge is 0.378 e. The molecule has 1 aliphatic heterocycles. The number of ether oxygens (including phenoxy) is 1. The maximum atomic E-state index is 6.13. The first-order chi connectivity index (χ1) is 9.41. The molecule has 1 saturated heterocycles. The van der Waals surface area contributed by atoms with Crippen molar-refractivity contribution in [3.8, 4) is 0 Å². The SMILES string of the molecule is CCOC1CC(CN)(N2CCCC(C(C)(C)C)CC2)C1. The van der Waals surface area contributed by atoms with Gasteiger partial charge in [-0.15, -0.1) is 0 Å². The van der Waals surface area contributed by atoms with Crippen LogP contribution in [0.2, 0.25) is 0 Å². The minimum absolute atomic E-state index is 0.243. The van der Waals surface area contributed by atoms with Crippen molar-refractivity contribution in [1.29, 1.82) is 0 Å². The lowest BCUT2D eigenvalue weighted by Gasteiger charge is -2.53. The molecule has 1 heterocycles. The van der Waals surface area contributed by atoms with Crippen molar-refractivity contribution in [1.82, 2.24) is 4.90 Å². The van der Waals surface area contributed by atoms with Crippen LogP contribution in [0.3, 0.4) is 0 Å². The highest BCUT2D eigenvalue weighted by atomic mass is 16.5. The highest BCUT2D eigenvalue weighted by Gasteiger charge is 2.48. The molecule has 0 aromatic heterocycles. The number of likely N-dealkylation sites (tertiary alicyclic amines) is 1. The zero-order valence-electron chi connectivity index (χ0n) is 14.0. The van der Waals surface area contributed by atoms with Crippen LogP contribution >= 0.6 is 0 Å². The molecule has 0 radical (unpaired) electrons. The van der Waals surface area contributed by atoms with E-state index in [0.29, 0.717) is 11.5 Å². The van der Waals surface area contributed by atoms with Crippen LogP contribution in [-0.4, -0.2) is 42.8 Å². The molecule has 1 saturated carbocycles. The Labute approximate surface area is 125 Å². The Kier molecular flexibility index (Phi) is 5.14. The number of nitrogens with two attached hydrogens (primary N) is 1. The van der Waals surface area contributed by atoms with E-state index in [4.69, 9.17) is 10.5 Å². The fourth-order valence-electron chi connectivity index (χ4n) is 4.13. The van der Waals surface area contributed by atoms with Crippen molar-refractivity contribution in [3.63, 3.8) is 0 Å². The van der Waals surface area contributed by atoms with Gasteiger partial charge in [-0.3, -0.25) is 4.90 Å². The fourth-order valence-corrected chi connectivity index (χ4v) is 4.13. The predicted octanol–water partition coefficient (Wildman–Crippen LogP) is 3.03. The van der Waals surface area contributed by atoms with E-state index < -0.39 is 0 Å². The van der Waals surface area contributed by atoms with Crippen molar-refractivity contribution in [2.75, 3.05) is 26.2 Å². The third-order valence-corrected chi connectivity index (χ3v) is 5.62. The lowest BCUT2D eigenvalue weighted by Crippen LogP contribution is -2.64. The lowest BCUT2D eigenvalue weighted by atomic mass is 9.72. The highest BCUT2D eigenvalue weighted by Crippen LogP contribution is 2.42. The highest BCUT2D eigenvalue weighted by molar-refractivity contribution is 5.05. The van der Waals surface area contributed by atoms with Gasteiger partial charge in [-0.25, -0.2) is 0 Å². The molecular weight excluding hydrogens is 248 g/mol. The molecule has 2 N–H and O–H groups in total. The van der Waals surface area contributed by atoms with Gasteiger partial charge in [0.15, 0.2) is 0 Å². The van der Waals surface area contributed by atoms with Crippen LogP contribution in [0.25, 0.3) is 0 Å². The Hall–Kier alpha value is -0.120. The minimum Gasteiger partial charge on any atom is -0.378 e. The van der Waals surface area contributed by atoms with Gasteiger partial charge in [-0.1, -0.05) is 20.8 Å². The average molecular weight is 282 g/mol. The van der Waals surface area contributed by atoms with Gasteiger partial charge in [-0.05, 0) is 63.5 Å². The van der Waals surface area contributed by atoms with Gasteiger partial charge in [0.2, 0.25) is 0 Å². The normalized spacial score (nSPS) is 36.5. The maximum Gasteiger partial charge on any atom is 0.0611 e. The van der Waals surface area contributed by atoms with Gasteiger partial charge >= 0.3 is 0 Å². The summed E-state index contributed by atoms with van der Waals surface area (Å²) in [6.45, 7) is 13.3. The second kappa shape index (κ2) is 6.33. The molecule has 0 aromatic rings. The van der Waals surface area contributed by atoms with E-state index in [9.17, 15) is 0 Å². The third kappa shape index (κ3) is 3.37. The van der Waals surface area contributed by atoms with Crippen LogP contribution in [-0.2, 0) is 4.74 Å². The summed E-state index contributed by atoms with van der Waals surface area (Å²) in [6.07, 6.45) is 6.74. The third-order valence-electron chi connectivity index (χ3n) is 5.62. The van der Waals surface area contributed by atoms with Gasteiger partial charge in [0.25, 0.3) is 0 Å². The van der Waals surface area contributed by atoms with E-state index >= 15 is 0 Å². The molecule has 118 valence electrons. The van der Waals surface area contributed by atoms with Gasteiger partial charge in [-0.2, -0.15) is 0 Å². The molecule has 0 spiro atoms. The molecule has 0 amide bonds. The van der Waals surface area contributed by atoms with E-state index in [0.717, 1.165) is 31.9 Å². The van der Waals surface area contributed by atoms with Crippen LogP contribution in [0, 0.1) is 11.3 Å². The molecule has 2 rings (SSSR count). The van der Waals surface area contributed by atoms with E-state index in [1.807, 2.05) is 0 Å². The second-order valence-electron chi connectivity index (χ2n) is 7.89. The number of hydrogen-bond acceptors (Lipinski definition) is 3. The molecule has 20 heavy (non-hydrogen) atoms. The molecular formula is C17H34N2O. The van der Waals surface area contributed by atoms with E-state index in [2.05, 4.69) is 32.6 Å². The van der Waals surface area contributed by atoms with E-state index in [1.165, 1.54) is 32.4 Å². The molecule has 1 atom stereocenters. The fraction of sp³-hybridized carbons (Fsp3) is 1.00. The number of nitrogens with zero attached hydrogens (tertiary/aromatic N) is 1. The van der Waals surface area contributed by atoms with Crippen LogP contribution in [0.5, 0.6) is 0 Å². The summed E-state index contributed by atoms with van der Waals surface area (Å²) in [5.41, 5.74) is 6.82. The Balaban J connectivity index is 1.93. The van der Waals surface area contributed by atoms with Crippen LogP contribution in [0.4, 0.5) is 0 Å². The minimum atomic E-state index is 0.243. The first-order valence-corrected chi connectivity index (χ1v) is 8.48. The van der Waals surface area contributed by atoms with E-state index in [1.54, 1.807) is 0 Å². The molecule has 1 aliphatic carbocycles. The molecule has 0 aromatic carbocycles. The van der Waals surface area contributed by atoms with Gasteiger partial charge in [0.1, 0.15) is 0 Å². The Morgan fingerprint density at radius 1 is 1.20 bits per heavy atom. The smallest absolute Gasteiger partial charge is 0.0611 e. The molecule has 2 aliphatic rings. The number of hydrogen-bond donors (Lipinski definition) is 1. The standard InChI is InChI=1S/C17H34N2O/c1-5-20-15-11-17(12-15,13-18)19-9-6-7-14(8-10-19)16(2,3)4/h14-15H,5-13,18H2,1-4H3. The summed E-state index contributed by atoms with van der Waals surface area (Å²) in [5, 5.41) is 0. The molecule has 0 bridgehead atoms. The van der Waals surface area contributed by atoms with Crippen LogP contribution in [0.1, 0.15) is 59.8 Å². The number of rotatable bonds is 4.